The van der Waals surface area contributed by atoms with Crippen LogP contribution in [0.25, 0.3) is 0 Å². The Morgan fingerprint density at radius 3 is 2.37 bits per heavy atom. The van der Waals surface area contributed by atoms with E-state index in [0.29, 0.717) is 5.41 Å². The second kappa shape index (κ2) is 9.38. The first-order chi connectivity index (χ1) is 14.3. The third kappa shape index (κ3) is 5.88. The smallest absolute Gasteiger partial charge is 0.475 e. The van der Waals surface area contributed by atoms with Gasteiger partial charge in [-0.05, 0) is 44.0 Å². The minimum atomic E-state index is -5.08. The summed E-state index contributed by atoms with van der Waals surface area (Å²) >= 11 is 0. The van der Waals surface area contributed by atoms with Crippen molar-refractivity contribution in [3.63, 3.8) is 0 Å². The number of likely N-dealkylation sites (tertiary alicyclic amines) is 1. The summed E-state index contributed by atoms with van der Waals surface area (Å²) in [6, 6.07) is 8.06. The number of anilines is 1. The van der Waals surface area contributed by atoms with E-state index >= 15 is 0 Å². The predicted octanol–water partition coefficient (Wildman–Crippen LogP) is 3.00. The van der Waals surface area contributed by atoms with Gasteiger partial charge in [0.25, 0.3) is 0 Å². The zero-order valence-corrected chi connectivity index (χ0v) is 16.4. The van der Waals surface area contributed by atoms with Crippen molar-refractivity contribution in [1.29, 1.82) is 0 Å². The van der Waals surface area contributed by atoms with Gasteiger partial charge in [-0.25, -0.2) is 14.8 Å². The lowest BCUT2D eigenvalue weighted by molar-refractivity contribution is -0.192. The van der Waals surface area contributed by atoms with Crippen molar-refractivity contribution < 1.29 is 23.1 Å². The first-order valence-corrected chi connectivity index (χ1v) is 9.72. The van der Waals surface area contributed by atoms with Gasteiger partial charge in [-0.1, -0.05) is 6.07 Å². The van der Waals surface area contributed by atoms with Crippen molar-refractivity contribution in [2.24, 2.45) is 5.41 Å². The van der Waals surface area contributed by atoms with Crippen LogP contribution in [0.5, 0.6) is 0 Å². The van der Waals surface area contributed by atoms with Gasteiger partial charge in [0.1, 0.15) is 0 Å². The normalized spacial score (nSPS) is 21.9. The van der Waals surface area contributed by atoms with E-state index < -0.39 is 12.1 Å². The summed E-state index contributed by atoms with van der Waals surface area (Å²) in [7, 11) is 0. The number of hydrogen-bond acceptors (Lipinski definition) is 6. The number of carboxylic acid groups (broad SMARTS) is 1. The molecule has 0 aliphatic carbocycles. The Balaban J connectivity index is 0.000000318. The van der Waals surface area contributed by atoms with Crippen molar-refractivity contribution in [1.82, 2.24) is 19.9 Å². The summed E-state index contributed by atoms with van der Waals surface area (Å²) in [5, 5.41) is 7.12. The van der Waals surface area contributed by atoms with E-state index in [0.717, 1.165) is 32.1 Å². The molecule has 1 unspecified atom stereocenters. The number of hydrogen-bond donors (Lipinski definition) is 1. The Morgan fingerprint density at radius 2 is 1.73 bits per heavy atom. The molecule has 1 N–H and O–H groups in total. The maximum Gasteiger partial charge on any atom is 0.490 e. The molecule has 10 heteroatoms. The van der Waals surface area contributed by atoms with Crippen LogP contribution < -0.4 is 4.90 Å². The van der Waals surface area contributed by atoms with E-state index in [1.54, 1.807) is 0 Å². The minimum Gasteiger partial charge on any atom is -0.475 e. The lowest BCUT2D eigenvalue weighted by atomic mass is 9.79. The number of nitrogens with zero attached hydrogens (tertiary/aromatic N) is 5. The van der Waals surface area contributed by atoms with Gasteiger partial charge in [-0.2, -0.15) is 13.2 Å². The average molecular weight is 423 g/mol. The van der Waals surface area contributed by atoms with Gasteiger partial charge in [-0.15, -0.1) is 0 Å². The van der Waals surface area contributed by atoms with Gasteiger partial charge in [0.2, 0.25) is 5.95 Å². The molecular weight excluding hydrogens is 399 g/mol. The molecule has 4 rings (SSSR count). The SMILES string of the molecule is O=C(O)C(F)(F)F.c1ccc(CN2CCCC3(CCN(c4ncccn4)C3)C2)nc1. The highest BCUT2D eigenvalue weighted by Crippen LogP contribution is 2.40. The van der Waals surface area contributed by atoms with Crippen molar-refractivity contribution >= 4 is 11.9 Å². The van der Waals surface area contributed by atoms with Crippen LogP contribution in [0.2, 0.25) is 0 Å². The zero-order chi connectivity index (χ0) is 21.6. The number of piperidine rings is 1. The number of carbonyl (C=O) groups is 1. The summed E-state index contributed by atoms with van der Waals surface area (Å²) in [6.07, 6.45) is 4.30. The molecule has 0 aromatic carbocycles. The van der Waals surface area contributed by atoms with Crippen LogP contribution >= 0.6 is 0 Å². The fraction of sp³-hybridized carbons (Fsp3) is 0.500. The fourth-order valence-electron chi connectivity index (χ4n) is 4.06. The summed E-state index contributed by atoms with van der Waals surface area (Å²) in [5.74, 6) is -1.88. The minimum absolute atomic E-state index is 0.395. The third-order valence-corrected chi connectivity index (χ3v) is 5.37. The number of aromatic nitrogens is 3. The number of carboxylic acids is 1. The van der Waals surface area contributed by atoms with Crippen molar-refractivity contribution in [3.8, 4) is 0 Å². The molecule has 0 bridgehead atoms. The second-order valence-corrected chi connectivity index (χ2v) is 7.66. The molecule has 4 heterocycles. The Bertz CT molecular complexity index is 822. The lowest BCUT2D eigenvalue weighted by Gasteiger charge is -2.40. The van der Waals surface area contributed by atoms with Gasteiger partial charge >= 0.3 is 12.1 Å². The first kappa shape index (κ1) is 21.9. The second-order valence-electron chi connectivity index (χ2n) is 7.66. The molecule has 1 atom stereocenters. The van der Waals surface area contributed by atoms with Crippen LogP contribution in [0.15, 0.2) is 42.9 Å². The largest absolute Gasteiger partial charge is 0.490 e. The molecule has 1 spiro atoms. The summed E-state index contributed by atoms with van der Waals surface area (Å²) in [4.78, 5) is 27.1. The molecule has 2 aliphatic heterocycles. The van der Waals surface area contributed by atoms with Crippen molar-refractivity contribution in [2.45, 2.75) is 32.0 Å². The van der Waals surface area contributed by atoms with Crippen LogP contribution in [0.1, 0.15) is 25.0 Å². The lowest BCUT2D eigenvalue weighted by Crippen LogP contribution is -2.44. The number of rotatable bonds is 3. The maximum absolute atomic E-state index is 10.6. The molecule has 30 heavy (non-hydrogen) atoms. The molecule has 7 nitrogen and oxygen atoms in total. The van der Waals surface area contributed by atoms with Gasteiger partial charge in [0, 0.05) is 50.2 Å². The zero-order valence-electron chi connectivity index (χ0n) is 16.4. The van der Waals surface area contributed by atoms with Crippen molar-refractivity contribution in [3.05, 3.63) is 48.5 Å². The molecule has 2 aromatic rings. The van der Waals surface area contributed by atoms with E-state index in [9.17, 15) is 13.2 Å². The van der Waals surface area contributed by atoms with Crippen LogP contribution in [-0.4, -0.2) is 63.3 Å². The van der Waals surface area contributed by atoms with Crippen LogP contribution in [-0.2, 0) is 11.3 Å². The van der Waals surface area contributed by atoms with Crippen LogP contribution in [0.3, 0.4) is 0 Å². The third-order valence-electron chi connectivity index (χ3n) is 5.37. The molecule has 0 radical (unpaired) electrons. The van der Waals surface area contributed by atoms with Crippen LogP contribution in [0.4, 0.5) is 19.1 Å². The number of aliphatic carboxylic acids is 1. The van der Waals surface area contributed by atoms with Gasteiger partial charge in [0.15, 0.2) is 0 Å². The topological polar surface area (TPSA) is 82.5 Å². The molecule has 2 aromatic heterocycles. The molecular formula is C20H24F3N5O2. The van der Waals surface area contributed by atoms with Crippen LogP contribution in [0, 0.1) is 5.41 Å². The number of alkyl halides is 3. The molecule has 0 amide bonds. The van der Waals surface area contributed by atoms with Gasteiger partial charge < -0.3 is 10.0 Å². The highest BCUT2D eigenvalue weighted by Gasteiger charge is 2.42. The van der Waals surface area contributed by atoms with E-state index in [1.165, 1.54) is 31.5 Å². The van der Waals surface area contributed by atoms with Gasteiger partial charge in [-0.3, -0.25) is 9.88 Å². The average Bonchev–Trinajstić information content (AvgIpc) is 3.12. The Labute approximate surface area is 172 Å². The maximum atomic E-state index is 10.6. The molecule has 2 aliphatic rings. The number of pyridine rings is 1. The summed E-state index contributed by atoms with van der Waals surface area (Å²) < 4.78 is 31.7. The molecule has 2 saturated heterocycles. The summed E-state index contributed by atoms with van der Waals surface area (Å²) in [5.41, 5.74) is 1.57. The Kier molecular flexibility index (Phi) is 6.86. The Hall–Kier alpha value is -2.75. The fourth-order valence-corrected chi connectivity index (χ4v) is 4.06. The van der Waals surface area contributed by atoms with E-state index in [2.05, 4.69) is 36.9 Å². The van der Waals surface area contributed by atoms with Gasteiger partial charge in [0.05, 0.1) is 5.69 Å². The highest BCUT2D eigenvalue weighted by atomic mass is 19.4. The van der Waals surface area contributed by atoms with E-state index in [4.69, 9.17) is 9.90 Å². The standard InChI is InChI=1S/C18H23N5.C2HF3O2/c1-2-8-19-16(5-1)13-22-11-3-6-18(14-22)7-12-23(15-18)17-20-9-4-10-21-17;3-2(4,5)1(6)7/h1-2,4-5,8-10H,3,6-7,11-15H2;(H,6,7). The first-order valence-electron chi connectivity index (χ1n) is 9.72. The molecule has 162 valence electrons. The van der Waals surface area contributed by atoms with E-state index in [-0.39, 0.29) is 0 Å². The monoisotopic (exact) mass is 423 g/mol. The summed E-state index contributed by atoms with van der Waals surface area (Å²) in [6.45, 7) is 5.45. The molecule has 2 fully saturated rings. The quantitative estimate of drug-likeness (QED) is 0.813. The molecule has 0 saturated carbocycles. The number of halogens is 3. The Morgan fingerprint density at radius 1 is 1.03 bits per heavy atom. The van der Waals surface area contributed by atoms with Crippen molar-refractivity contribution in [2.75, 3.05) is 31.1 Å². The van der Waals surface area contributed by atoms with E-state index in [1.807, 2.05) is 30.7 Å². The predicted molar refractivity (Wildman–Crippen MR) is 104 cm³/mol. The highest BCUT2D eigenvalue weighted by molar-refractivity contribution is 5.73.